The second kappa shape index (κ2) is 6.64. The molecule has 0 bridgehead atoms. The Morgan fingerprint density at radius 3 is 3.00 bits per heavy atom. The minimum Gasteiger partial charge on any atom is -0.446 e. The number of esters is 1. The third-order valence-corrected chi connectivity index (χ3v) is 3.67. The van der Waals surface area contributed by atoms with Crippen molar-refractivity contribution in [2.24, 2.45) is 0 Å². The lowest BCUT2D eigenvalue weighted by atomic mass is 9.97. The van der Waals surface area contributed by atoms with Gasteiger partial charge < -0.3 is 9.29 Å². The fourth-order valence-electron chi connectivity index (χ4n) is 2.02. The van der Waals surface area contributed by atoms with E-state index in [0.717, 1.165) is 17.5 Å². The van der Waals surface area contributed by atoms with Gasteiger partial charge in [0.1, 0.15) is 0 Å². The summed E-state index contributed by atoms with van der Waals surface area (Å²) in [4.78, 5) is 16.9. The molecule has 0 aromatic heterocycles. The van der Waals surface area contributed by atoms with Crippen LogP contribution in [0.3, 0.4) is 0 Å². The van der Waals surface area contributed by atoms with Crippen LogP contribution < -0.4 is 0 Å². The molecule has 1 aliphatic heterocycles. The first-order valence-corrected chi connectivity index (χ1v) is 7.53. The highest BCUT2D eigenvalue weighted by atomic mass is 35.5. The number of benzene rings is 1. The van der Waals surface area contributed by atoms with Gasteiger partial charge in [0, 0.05) is 11.8 Å². The molecule has 0 radical (unpaired) electrons. The summed E-state index contributed by atoms with van der Waals surface area (Å²) in [6, 6.07) is 4.93. The van der Waals surface area contributed by atoms with Crippen LogP contribution >= 0.6 is 11.8 Å². The number of nitrogens with zero attached hydrogens (tertiary/aromatic N) is 1. The number of hydrogen-bond acceptors (Lipinski definition) is 5. The molecule has 2 unspecified atom stereocenters. The predicted molar refractivity (Wildman–Crippen MR) is 73.2 cm³/mol. The van der Waals surface area contributed by atoms with Crippen LogP contribution in [-0.4, -0.2) is 31.9 Å². The first kappa shape index (κ1) is 15.4. The van der Waals surface area contributed by atoms with Gasteiger partial charge in [-0.2, -0.15) is 0 Å². The van der Waals surface area contributed by atoms with E-state index in [0.29, 0.717) is 12.2 Å². The molecule has 1 heterocycles. The third kappa shape index (κ3) is 3.56. The molecule has 0 amide bonds. The maximum atomic E-state index is 11.8. The number of rotatable bonds is 4. The summed E-state index contributed by atoms with van der Waals surface area (Å²) in [5, 5.41) is 0. The lowest BCUT2D eigenvalue weighted by Crippen LogP contribution is -2.14. The molecule has 0 spiro atoms. The Labute approximate surface area is 124 Å². The predicted octanol–water partition coefficient (Wildman–Crippen LogP) is 2.16. The smallest absolute Gasteiger partial charge is 0.339 e. The van der Waals surface area contributed by atoms with Crippen molar-refractivity contribution >= 4 is 28.8 Å². The molecule has 8 heteroatoms. The zero-order valence-electron chi connectivity index (χ0n) is 10.7. The molecular formula is C12H14ClNO5S. The molecule has 6 nitrogen and oxygen atoms in total. The van der Waals surface area contributed by atoms with Crippen LogP contribution in [0.25, 0.3) is 0 Å². The van der Waals surface area contributed by atoms with Crippen LogP contribution in [0.2, 0.25) is 0 Å². The van der Waals surface area contributed by atoms with Crippen LogP contribution in [0.1, 0.15) is 33.9 Å². The zero-order valence-corrected chi connectivity index (χ0v) is 12.3. The third-order valence-electron chi connectivity index (χ3n) is 3.02. The standard InChI is InChI=1S/C12H14ClNO5S/c1-8-2-3-9(12(15)18-7-20(16)17)6-10(8)11-4-5-19-14(11)13/h2-3,6,11H,4-5,7H2,1H3,(H,16,17). The number of carbonyl (C=O) groups is 1. The largest absolute Gasteiger partial charge is 0.446 e. The van der Waals surface area contributed by atoms with Crippen molar-refractivity contribution < 1.29 is 23.1 Å². The van der Waals surface area contributed by atoms with Crippen LogP contribution in [0, 0.1) is 6.92 Å². The van der Waals surface area contributed by atoms with Crippen LogP contribution in [-0.2, 0) is 20.7 Å². The van der Waals surface area contributed by atoms with Gasteiger partial charge in [-0.05, 0) is 36.6 Å². The summed E-state index contributed by atoms with van der Waals surface area (Å²) in [5.41, 5.74) is 2.17. The van der Waals surface area contributed by atoms with Crippen molar-refractivity contribution in [1.82, 2.24) is 4.58 Å². The van der Waals surface area contributed by atoms with Crippen molar-refractivity contribution in [3.05, 3.63) is 34.9 Å². The minimum absolute atomic E-state index is 0.128. The number of aryl methyl sites for hydroxylation is 1. The van der Waals surface area contributed by atoms with Gasteiger partial charge in [-0.25, -0.2) is 9.00 Å². The Morgan fingerprint density at radius 2 is 2.40 bits per heavy atom. The Morgan fingerprint density at radius 1 is 1.65 bits per heavy atom. The monoisotopic (exact) mass is 319 g/mol. The number of ether oxygens (including phenoxy) is 1. The Balaban J connectivity index is 2.20. The Bertz CT molecular complexity index is 539. The van der Waals surface area contributed by atoms with E-state index in [1.807, 2.05) is 6.92 Å². The molecule has 1 aliphatic rings. The van der Waals surface area contributed by atoms with Crippen molar-refractivity contribution in [1.29, 1.82) is 0 Å². The minimum atomic E-state index is -2.17. The number of hydrogen-bond donors (Lipinski definition) is 1. The molecule has 0 saturated carbocycles. The van der Waals surface area contributed by atoms with Gasteiger partial charge in [-0.15, -0.1) is 0 Å². The van der Waals surface area contributed by atoms with Gasteiger partial charge in [0.05, 0.1) is 18.2 Å². The topological polar surface area (TPSA) is 76.1 Å². The molecular weight excluding hydrogens is 306 g/mol. The van der Waals surface area contributed by atoms with Crippen LogP contribution in [0.15, 0.2) is 18.2 Å². The SMILES string of the molecule is Cc1ccc(C(=O)OCS(=O)O)cc1C1CCON1Cl. The van der Waals surface area contributed by atoms with Gasteiger partial charge in [-0.3, -0.25) is 4.84 Å². The number of carbonyl (C=O) groups excluding carboxylic acids is 1. The lowest BCUT2D eigenvalue weighted by Gasteiger charge is -2.18. The molecule has 2 rings (SSSR count). The first-order chi connectivity index (χ1) is 9.49. The van der Waals surface area contributed by atoms with E-state index in [4.69, 9.17) is 25.9 Å². The summed E-state index contributed by atoms with van der Waals surface area (Å²) in [7, 11) is 0. The molecule has 110 valence electrons. The van der Waals surface area contributed by atoms with E-state index in [1.165, 1.54) is 4.58 Å². The molecule has 20 heavy (non-hydrogen) atoms. The average molecular weight is 320 g/mol. The fraction of sp³-hybridized carbons (Fsp3) is 0.417. The Kier molecular flexibility index (Phi) is 5.11. The highest BCUT2D eigenvalue weighted by Crippen LogP contribution is 2.34. The fourth-order valence-corrected chi connectivity index (χ4v) is 2.50. The summed E-state index contributed by atoms with van der Waals surface area (Å²) < 4.78 is 25.1. The van der Waals surface area contributed by atoms with E-state index in [1.54, 1.807) is 18.2 Å². The van der Waals surface area contributed by atoms with Gasteiger partial charge in [0.25, 0.3) is 0 Å². The summed E-state index contributed by atoms with van der Waals surface area (Å²) in [5.74, 6) is -1.19. The van der Waals surface area contributed by atoms with E-state index in [-0.39, 0.29) is 6.04 Å². The van der Waals surface area contributed by atoms with Gasteiger partial charge in [0.2, 0.25) is 0 Å². The van der Waals surface area contributed by atoms with Crippen LogP contribution in [0.4, 0.5) is 0 Å². The second-order valence-electron chi connectivity index (χ2n) is 4.35. The van der Waals surface area contributed by atoms with E-state index in [2.05, 4.69) is 0 Å². The average Bonchev–Trinajstić information content (AvgIpc) is 2.82. The van der Waals surface area contributed by atoms with Crippen molar-refractivity contribution in [3.63, 3.8) is 0 Å². The highest BCUT2D eigenvalue weighted by Gasteiger charge is 2.28. The highest BCUT2D eigenvalue weighted by molar-refractivity contribution is 7.79. The normalized spacial score (nSPS) is 20.9. The Hall–Kier alpha value is -0.990. The molecule has 1 aromatic carbocycles. The van der Waals surface area contributed by atoms with Crippen molar-refractivity contribution in [2.45, 2.75) is 19.4 Å². The lowest BCUT2D eigenvalue weighted by molar-refractivity contribution is -0.0488. The maximum absolute atomic E-state index is 11.8. The van der Waals surface area contributed by atoms with Crippen LogP contribution in [0.5, 0.6) is 0 Å². The first-order valence-electron chi connectivity index (χ1n) is 5.92. The summed E-state index contributed by atoms with van der Waals surface area (Å²) in [6.07, 6.45) is 0.726. The van der Waals surface area contributed by atoms with Gasteiger partial charge in [-0.1, -0.05) is 10.6 Å². The zero-order chi connectivity index (χ0) is 14.7. The van der Waals surface area contributed by atoms with E-state index in [9.17, 15) is 9.00 Å². The summed E-state index contributed by atoms with van der Waals surface area (Å²) in [6.45, 7) is 2.43. The van der Waals surface area contributed by atoms with Crippen molar-refractivity contribution in [2.75, 3.05) is 12.5 Å². The quantitative estimate of drug-likeness (QED) is 0.520. The molecule has 1 N–H and O–H groups in total. The van der Waals surface area contributed by atoms with Gasteiger partial charge >= 0.3 is 5.97 Å². The van der Waals surface area contributed by atoms with E-state index < -0.39 is 23.0 Å². The maximum Gasteiger partial charge on any atom is 0.339 e. The molecule has 2 atom stereocenters. The number of halogens is 1. The van der Waals surface area contributed by atoms with Gasteiger partial charge in [0.15, 0.2) is 17.0 Å². The van der Waals surface area contributed by atoms with Crippen molar-refractivity contribution in [3.8, 4) is 0 Å². The van der Waals surface area contributed by atoms with E-state index >= 15 is 0 Å². The number of hydroxylamine groups is 1. The molecule has 1 saturated heterocycles. The second-order valence-corrected chi connectivity index (χ2v) is 5.56. The molecule has 1 aromatic rings. The summed E-state index contributed by atoms with van der Waals surface area (Å²) >= 11 is 3.77. The molecule has 0 aliphatic carbocycles. The molecule has 1 fully saturated rings.